The van der Waals surface area contributed by atoms with Crippen LogP contribution < -0.4 is 11.1 Å². The van der Waals surface area contributed by atoms with E-state index in [1.54, 1.807) is 0 Å². The third-order valence-electron chi connectivity index (χ3n) is 4.28. The average molecular weight is 281 g/mol. The fourth-order valence-corrected chi connectivity index (χ4v) is 3.31. The minimum absolute atomic E-state index is 0.450. The minimum atomic E-state index is 0.450. The molecule has 0 saturated heterocycles. The van der Waals surface area contributed by atoms with E-state index in [1.807, 2.05) is 6.07 Å². The van der Waals surface area contributed by atoms with Crippen molar-refractivity contribution in [2.75, 3.05) is 17.6 Å². The maximum atomic E-state index is 6.13. The Bertz CT molecular complexity index is 849. The first-order valence-corrected chi connectivity index (χ1v) is 7.53. The summed E-state index contributed by atoms with van der Waals surface area (Å²) < 4.78 is 2.27. The summed E-state index contributed by atoms with van der Waals surface area (Å²) in [7, 11) is 0. The number of nitrogens with one attached hydrogen (secondary N) is 1. The second kappa shape index (κ2) is 4.35. The Morgan fingerprint density at radius 1 is 1.38 bits per heavy atom. The van der Waals surface area contributed by atoms with E-state index in [2.05, 4.69) is 40.8 Å². The standard InChI is InChI=1S/C16H19N5/c1-3-7-18-16-20-13-14-12-10(9(2)8-21(14)16)5-4-6-11(12)19-15(13)17/h4-6,9H,3,7-8H2,1-2H3,(H2,17,19)(H,18,20). The number of nitrogen functional groups attached to an aromatic ring is 1. The van der Waals surface area contributed by atoms with Crippen molar-refractivity contribution in [2.45, 2.75) is 32.7 Å². The number of benzene rings is 1. The van der Waals surface area contributed by atoms with Crippen molar-refractivity contribution in [3.63, 3.8) is 0 Å². The van der Waals surface area contributed by atoms with Gasteiger partial charge in [-0.3, -0.25) is 0 Å². The minimum Gasteiger partial charge on any atom is -0.382 e. The molecule has 1 aromatic carbocycles. The van der Waals surface area contributed by atoms with E-state index < -0.39 is 0 Å². The molecule has 1 atom stereocenters. The predicted octanol–water partition coefficient (Wildman–Crippen LogP) is 3.11. The van der Waals surface area contributed by atoms with Crippen molar-refractivity contribution in [3.8, 4) is 0 Å². The molecule has 3 heterocycles. The predicted molar refractivity (Wildman–Crippen MR) is 86.6 cm³/mol. The van der Waals surface area contributed by atoms with Gasteiger partial charge in [-0.25, -0.2) is 9.97 Å². The summed E-state index contributed by atoms with van der Waals surface area (Å²) in [5, 5.41) is 4.62. The number of nitrogens with two attached hydrogens (primary N) is 1. The number of rotatable bonds is 3. The molecule has 0 amide bonds. The zero-order valence-corrected chi connectivity index (χ0v) is 12.3. The lowest BCUT2D eigenvalue weighted by molar-refractivity contribution is 0.608. The van der Waals surface area contributed by atoms with Gasteiger partial charge in [-0.1, -0.05) is 26.0 Å². The summed E-state index contributed by atoms with van der Waals surface area (Å²) in [6.45, 7) is 6.25. The highest BCUT2D eigenvalue weighted by atomic mass is 15.2. The molecule has 1 aliphatic heterocycles. The topological polar surface area (TPSA) is 68.8 Å². The smallest absolute Gasteiger partial charge is 0.204 e. The van der Waals surface area contributed by atoms with Crippen LogP contribution in [0.1, 0.15) is 31.7 Å². The van der Waals surface area contributed by atoms with Gasteiger partial charge in [-0.2, -0.15) is 0 Å². The summed E-state index contributed by atoms with van der Waals surface area (Å²) in [5.74, 6) is 1.88. The van der Waals surface area contributed by atoms with Gasteiger partial charge in [0.15, 0.2) is 5.82 Å². The first-order valence-electron chi connectivity index (χ1n) is 7.53. The lowest BCUT2D eigenvalue weighted by atomic mass is 9.93. The lowest BCUT2D eigenvalue weighted by Gasteiger charge is -2.23. The van der Waals surface area contributed by atoms with Gasteiger partial charge >= 0.3 is 0 Å². The van der Waals surface area contributed by atoms with Crippen LogP contribution in [-0.4, -0.2) is 21.1 Å². The van der Waals surface area contributed by atoms with Crippen molar-refractivity contribution >= 4 is 33.7 Å². The molecule has 2 aromatic heterocycles. The number of hydrogen-bond acceptors (Lipinski definition) is 4. The van der Waals surface area contributed by atoms with Crippen LogP contribution >= 0.6 is 0 Å². The molecule has 1 aliphatic rings. The zero-order chi connectivity index (χ0) is 14.6. The zero-order valence-electron chi connectivity index (χ0n) is 12.3. The highest BCUT2D eigenvalue weighted by molar-refractivity contribution is 6.09. The summed E-state index contributed by atoms with van der Waals surface area (Å²) in [4.78, 5) is 9.24. The molecule has 0 fully saturated rings. The molecule has 0 aliphatic carbocycles. The second-order valence-electron chi connectivity index (χ2n) is 5.81. The van der Waals surface area contributed by atoms with E-state index in [9.17, 15) is 0 Å². The third kappa shape index (κ3) is 1.63. The lowest BCUT2D eigenvalue weighted by Crippen LogP contribution is -2.15. The number of anilines is 2. The highest BCUT2D eigenvalue weighted by Crippen LogP contribution is 2.39. The van der Waals surface area contributed by atoms with Crippen LogP contribution in [0.2, 0.25) is 0 Å². The Morgan fingerprint density at radius 3 is 3.05 bits per heavy atom. The van der Waals surface area contributed by atoms with Crippen molar-refractivity contribution < 1.29 is 0 Å². The van der Waals surface area contributed by atoms with Gasteiger partial charge in [0, 0.05) is 18.5 Å². The van der Waals surface area contributed by atoms with Crippen LogP contribution in [0.3, 0.4) is 0 Å². The maximum Gasteiger partial charge on any atom is 0.204 e. The van der Waals surface area contributed by atoms with Crippen molar-refractivity contribution in [3.05, 3.63) is 23.8 Å². The highest BCUT2D eigenvalue weighted by Gasteiger charge is 2.25. The van der Waals surface area contributed by atoms with Gasteiger partial charge in [0.25, 0.3) is 0 Å². The fourth-order valence-electron chi connectivity index (χ4n) is 3.31. The quantitative estimate of drug-likeness (QED) is 0.774. The molecule has 4 rings (SSSR count). The van der Waals surface area contributed by atoms with Crippen molar-refractivity contribution in [1.29, 1.82) is 0 Å². The fraction of sp³-hybridized carbons (Fsp3) is 0.375. The molecule has 5 nitrogen and oxygen atoms in total. The van der Waals surface area contributed by atoms with Crippen LogP contribution in [0.25, 0.3) is 21.9 Å². The first-order chi connectivity index (χ1) is 10.2. The van der Waals surface area contributed by atoms with Gasteiger partial charge in [-0.15, -0.1) is 0 Å². The molecule has 0 bridgehead atoms. The normalized spacial score (nSPS) is 17.0. The monoisotopic (exact) mass is 281 g/mol. The average Bonchev–Trinajstić information content (AvgIpc) is 2.84. The Hall–Kier alpha value is -2.30. The second-order valence-corrected chi connectivity index (χ2v) is 5.81. The molecule has 21 heavy (non-hydrogen) atoms. The first kappa shape index (κ1) is 12.4. The van der Waals surface area contributed by atoms with Crippen LogP contribution in [-0.2, 0) is 6.54 Å². The largest absolute Gasteiger partial charge is 0.382 e. The van der Waals surface area contributed by atoms with E-state index in [0.29, 0.717) is 11.7 Å². The molecular formula is C16H19N5. The molecule has 5 heteroatoms. The number of nitrogens with zero attached hydrogens (tertiary/aromatic N) is 3. The van der Waals surface area contributed by atoms with Gasteiger partial charge in [0.05, 0.1) is 11.0 Å². The SMILES string of the molecule is CCCNc1nc2c(N)nc3cccc4c3c2n1CC4C. The van der Waals surface area contributed by atoms with Crippen LogP contribution in [0.5, 0.6) is 0 Å². The Kier molecular flexibility index (Phi) is 2.58. The van der Waals surface area contributed by atoms with Crippen molar-refractivity contribution in [2.24, 2.45) is 0 Å². The summed E-state index contributed by atoms with van der Waals surface area (Å²) in [5.41, 5.74) is 10.4. The van der Waals surface area contributed by atoms with Crippen LogP contribution in [0.15, 0.2) is 18.2 Å². The number of hydrogen-bond donors (Lipinski definition) is 2. The number of aromatic nitrogens is 3. The van der Waals surface area contributed by atoms with Crippen LogP contribution in [0.4, 0.5) is 11.8 Å². The van der Waals surface area contributed by atoms with E-state index >= 15 is 0 Å². The maximum absolute atomic E-state index is 6.13. The Morgan fingerprint density at radius 2 is 2.24 bits per heavy atom. The van der Waals surface area contributed by atoms with E-state index in [0.717, 1.165) is 42.0 Å². The summed E-state index contributed by atoms with van der Waals surface area (Å²) in [6.07, 6.45) is 1.07. The van der Waals surface area contributed by atoms with Gasteiger partial charge < -0.3 is 15.6 Å². The van der Waals surface area contributed by atoms with Gasteiger partial charge in [-0.05, 0) is 24.0 Å². The van der Waals surface area contributed by atoms with E-state index in [1.165, 1.54) is 10.9 Å². The van der Waals surface area contributed by atoms with Gasteiger partial charge in [0.2, 0.25) is 5.95 Å². The number of pyridine rings is 1. The summed E-state index contributed by atoms with van der Waals surface area (Å²) >= 11 is 0. The van der Waals surface area contributed by atoms with Gasteiger partial charge in [0.1, 0.15) is 5.52 Å². The number of imidazole rings is 1. The molecule has 0 radical (unpaired) electrons. The Labute approximate surface area is 123 Å². The molecule has 108 valence electrons. The van der Waals surface area contributed by atoms with E-state index in [4.69, 9.17) is 10.7 Å². The third-order valence-corrected chi connectivity index (χ3v) is 4.28. The molecule has 0 saturated carbocycles. The van der Waals surface area contributed by atoms with Crippen molar-refractivity contribution in [1.82, 2.24) is 14.5 Å². The van der Waals surface area contributed by atoms with E-state index in [-0.39, 0.29) is 0 Å². The molecule has 1 unspecified atom stereocenters. The van der Waals surface area contributed by atoms with Crippen LogP contribution in [0, 0.1) is 0 Å². The Balaban J connectivity index is 2.12. The molecular weight excluding hydrogens is 262 g/mol. The molecule has 0 spiro atoms. The summed E-state index contributed by atoms with van der Waals surface area (Å²) in [6, 6.07) is 6.29. The molecule has 3 aromatic rings. The molecule has 3 N–H and O–H groups in total.